The quantitative estimate of drug-likeness (QED) is 0.824. The number of fused-ring (bicyclic) bond motifs is 1. The average molecular weight is 295 g/mol. The SMILES string of the molecule is CCS(=O)(=O)N1C[C@@H]2CN(Cc3ccncc3)C[C@H]2C1. The second-order valence-electron chi connectivity index (χ2n) is 5.79. The minimum atomic E-state index is -3.01. The van der Waals surface area contributed by atoms with Gasteiger partial charge in [0, 0.05) is 45.1 Å². The molecule has 110 valence electrons. The lowest BCUT2D eigenvalue weighted by Gasteiger charge is -2.20. The minimum Gasteiger partial charge on any atom is -0.298 e. The average Bonchev–Trinajstić information content (AvgIpc) is 2.98. The van der Waals surface area contributed by atoms with E-state index in [0.29, 0.717) is 24.9 Å². The van der Waals surface area contributed by atoms with Crippen molar-refractivity contribution in [1.82, 2.24) is 14.2 Å². The number of likely N-dealkylation sites (tertiary alicyclic amines) is 1. The Morgan fingerprint density at radius 2 is 1.75 bits per heavy atom. The molecular formula is C14H21N3O2S. The van der Waals surface area contributed by atoms with Crippen molar-refractivity contribution in [2.24, 2.45) is 11.8 Å². The molecule has 0 amide bonds. The first-order valence-electron chi connectivity index (χ1n) is 7.17. The lowest BCUT2D eigenvalue weighted by molar-refractivity contribution is 0.289. The van der Waals surface area contributed by atoms with Gasteiger partial charge in [-0.25, -0.2) is 12.7 Å². The van der Waals surface area contributed by atoms with E-state index in [9.17, 15) is 8.42 Å². The molecular weight excluding hydrogens is 274 g/mol. The van der Waals surface area contributed by atoms with E-state index in [4.69, 9.17) is 0 Å². The van der Waals surface area contributed by atoms with Crippen molar-refractivity contribution < 1.29 is 8.42 Å². The Hall–Kier alpha value is -0.980. The number of nitrogens with zero attached hydrogens (tertiary/aromatic N) is 3. The third kappa shape index (κ3) is 2.73. The predicted molar refractivity (Wildman–Crippen MR) is 77.5 cm³/mol. The summed E-state index contributed by atoms with van der Waals surface area (Å²) in [4.78, 5) is 6.46. The van der Waals surface area contributed by atoms with Gasteiger partial charge in [-0.1, -0.05) is 0 Å². The van der Waals surface area contributed by atoms with E-state index in [1.165, 1.54) is 5.56 Å². The smallest absolute Gasteiger partial charge is 0.213 e. The molecule has 1 aromatic heterocycles. The van der Waals surface area contributed by atoms with Crippen LogP contribution in [0.25, 0.3) is 0 Å². The minimum absolute atomic E-state index is 0.215. The predicted octanol–water partition coefficient (Wildman–Crippen LogP) is 0.795. The first-order valence-corrected chi connectivity index (χ1v) is 8.78. The second-order valence-corrected chi connectivity index (χ2v) is 8.04. The largest absolute Gasteiger partial charge is 0.298 e. The number of rotatable bonds is 4. The van der Waals surface area contributed by atoms with Crippen LogP contribution in [0.1, 0.15) is 12.5 Å². The molecule has 0 bridgehead atoms. The second kappa shape index (κ2) is 5.42. The number of hydrogen-bond donors (Lipinski definition) is 0. The Bertz CT molecular complexity index is 547. The Morgan fingerprint density at radius 1 is 1.15 bits per heavy atom. The van der Waals surface area contributed by atoms with E-state index in [1.54, 1.807) is 11.2 Å². The van der Waals surface area contributed by atoms with Gasteiger partial charge in [-0.3, -0.25) is 9.88 Å². The van der Waals surface area contributed by atoms with Crippen molar-refractivity contribution in [3.05, 3.63) is 30.1 Å². The molecule has 3 rings (SSSR count). The fourth-order valence-electron chi connectivity index (χ4n) is 3.33. The van der Waals surface area contributed by atoms with Gasteiger partial charge in [0.15, 0.2) is 0 Å². The number of hydrogen-bond acceptors (Lipinski definition) is 4. The zero-order valence-corrected chi connectivity index (χ0v) is 12.6. The molecule has 6 heteroatoms. The molecule has 2 atom stereocenters. The van der Waals surface area contributed by atoms with E-state index >= 15 is 0 Å². The molecule has 0 saturated carbocycles. The van der Waals surface area contributed by atoms with Gasteiger partial charge in [-0.05, 0) is 36.5 Å². The van der Waals surface area contributed by atoms with Crippen molar-refractivity contribution >= 4 is 10.0 Å². The highest BCUT2D eigenvalue weighted by atomic mass is 32.2. The van der Waals surface area contributed by atoms with Gasteiger partial charge in [0.05, 0.1) is 5.75 Å². The maximum atomic E-state index is 11.9. The summed E-state index contributed by atoms with van der Waals surface area (Å²) in [7, 11) is -3.01. The summed E-state index contributed by atoms with van der Waals surface area (Å²) in [6.45, 7) is 6.07. The normalized spacial score (nSPS) is 27.9. The summed E-state index contributed by atoms with van der Waals surface area (Å²) in [5.41, 5.74) is 1.28. The Labute approximate surface area is 120 Å². The first-order chi connectivity index (χ1) is 9.58. The lowest BCUT2D eigenvalue weighted by atomic mass is 10.0. The van der Waals surface area contributed by atoms with Crippen molar-refractivity contribution in [1.29, 1.82) is 0 Å². The van der Waals surface area contributed by atoms with Crippen LogP contribution in [0.3, 0.4) is 0 Å². The molecule has 5 nitrogen and oxygen atoms in total. The summed E-state index contributed by atoms with van der Waals surface area (Å²) in [6, 6.07) is 4.09. The maximum Gasteiger partial charge on any atom is 0.213 e. The van der Waals surface area contributed by atoms with E-state index in [1.807, 2.05) is 24.5 Å². The number of aromatic nitrogens is 1. The maximum absolute atomic E-state index is 11.9. The molecule has 3 heterocycles. The van der Waals surface area contributed by atoms with Crippen LogP contribution in [0.5, 0.6) is 0 Å². The van der Waals surface area contributed by atoms with Crippen LogP contribution in [0.4, 0.5) is 0 Å². The Balaban J connectivity index is 1.59. The molecule has 0 aliphatic carbocycles. The van der Waals surface area contributed by atoms with Gasteiger partial charge in [0.1, 0.15) is 0 Å². The zero-order chi connectivity index (χ0) is 14.2. The van der Waals surface area contributed by atoms with Gasteiger partial charge in [-0.15, -0.1) is 0 Å². The fourth-order valence-corrected chi connectivity index (χ4v) is 4.53. The topological polar surface area (TPSA) is 53.5 Å². The molecule has 2 aliphatic rings. The van der Waals surface area contributed by atoms with Crippen LogP contribution in [0.15, 0.2) is 24.5 Å². The summed E-state index contributed by atoms with van der Waals surface area (Å²) >= 11 is 0. The molecule has 0 unspecified atom stereocenters. The highest BCUT2D eigenvalue weighted by molar-refractivity contribution is 7.89. The van der Waals surface area contributed by atoms with E-state index in [2.05, 4.69) is 9.88 Å². The highest BCUT2D eigenvalue weighted by Gasteiger charge is 2.43. The molecule has 1 aromatic rings. The summed E-state index contributed by atoms with van der Waals surface area (Å²) in [6.07, 6.45) is 3.64. The van der Waals surface area contributed by atoms with Crippen LogP contribution in [0, 0.1) is 11.8 Å². The van der Waals surface area contributed by atoms with Gasteiger partial charge in [0.2, 0.25) is 10.0 Å². The highest BCUT2D eigenvalue weighted by Crippen LogP contribution is 2.33. The van der Waals surface area contributed by atoms with E-state index in [0.717, 1.165) is 19.6 Å². The third-order valence-corrected chi connectivity index (χ3v) is 6.26. The van der Waals surface area contributed by atoms with Gasteiger partial charge in [0.25, 0.3) is 0 Å². The monoisotopic (exact) mass is 295 g/mol. The molecule has 0 N–H and O–H groups in total. The molecule has 0 aromatic carbocycles. The van der Waals surface area contributed by atoms with Crippen molar-refractivity contribution in [2.45, 2.75) is 13.5 Å². The van der Waals surface area contributed by atoms with Crippen LogP contribution in [0.2, 0.25) is 0 Å². The van der Waals surface area contributed by atoms with Gasteiger partial charge >= 0.3 is 0 Å². The summed E-state index contributed by atoms with van der Waals surface area (Å²) < 4.78 is 25.5. The molecule has 2 aliphatic heterocycles. The van der Waals surface area contributed by atoms with Gasteiger partial charge in [-0.2, -0.15) is 0 Å². The van der Waals surface area contributed by atoms with E-state index < -0.39 is 10.0 Å². The van der Waals surface area contributed by atoms with Gasteiger partial charge < -0.3 is 0 Å². The van der Waals surface area contributed by atoms with Crippen molar-refractivity contribution in [2.75, 3.05) is 31.9 Å². The Kier molecular flexibility index (Phi) is 3.79. The van der Waals surface area contributed by atoms with Crippen LogP contribution >= 0.6 is 0 Å². The molecule has 2 saturated heterocycles. The van der Waals surface area contributed by atoms with Crippen LogP contribution in [-0.4, -0.2) is 54.5 Å². The molecule has 2 fully saturated rings. The summed E-state index contributed by atoms with van der Waals surface area (Å²) in [5, 5.41) is 0. The van der Waals surface area contributed by atoms with Crippen molar-refractivity contribution in [3.63, 3.8) is 0 Å². The summed E-state index contributed by atoms with van der Waals surface area (Å²) in [5.74, 6) is 1.21. The number of sulfonamides is 1. The number of pyridine rings is 1. The third-order valence-electron chi connectivity index (χ3n) is 4.44. The molecule has 0 radical (unpaired) electrons. The lowest BCUT2D eigenvalue weighted by Crippen LogP contribution is -2.34. The zero-order valence-electron chi connectivity index (χ0n) is 11.8. The first kappa shape index (κ1) is 14.0. The van der Waals surface area contributed by atoms with E-state index in [-0.39, 0.29) is 5.75 Å². The van der Waals surface area contributed by atoms with Crippen LogP contribution < -0.4 is 0 Å². The van der Waals surface area contributed by atoms with Crippen molar-refractivity contribution in [3.8, 4) is 0 Å². The fraction of sp³-hybridized carbons (Fsp3) is 0.643. The van der Waals surface area contributed by atoms with Crippen LogP contribution in [-0.2, 0) is 16.6 Å². The molecule has 20 heavy (non-hydrogen) atoms. The molecule has 0 spiro atoms. The standard InChI is InChI=1S/C14H21N3O2S/c1-2-20(18,19)17-10-13-8-16(9-14(13)11-17)7-12-3-5-15-6-4-12/h3-6,13-14H,2,7-11H2,1H3/t13-,14-/m0/s1. The Morgan fingerprint density at radius 3 is 2.30 bits per heavy atom.